The first-order valence-electron chi connectivity index (χ1n) is 7.76. The lowest BCUT2D eigenvalue weighted by Crippen LogP contribution is -2.42. The molecule has 0 aliphatic carbocycles. The first kappa shape index (κ1) is 22.4. The number of nitrogens with zero attached hydrogens (tertiary/aromatic N) is 2. The Kier molecular flexibility index (Phi) is 11.6. The molecule has 23 heavy (non-hydrogen) atoms. The van der Waals surface area contributed by atoms with Crippen LogP contribution < -0.4 is 11.1 Å². The Balaban J connectivity index is 0.00000242. The topological polar surface area (TPSA) is 87.9 Å². The molecule has 0 radical (unpaired) electrons. The predicted molar refractivity (Wildman–Crippen MR) is 93.2 cm³/mol. The fourth-order valence-electron chi connectivity index (χ4n) is 2.73. The molecule has 2 heterocycles. The molecule has 2 amide bonds. The summed E-state index contributed by atoms with van der Waals surface area (Å²) in [7, 11) is 0. The molecule has 9 heteroatoms. The number of hydrogen-bond acceptors (Lipinski definition) is 5. The lowest BCUT2D eigenvalue weighted by atomic mass is 10.2. The van der Waals surface area contributed by atoms with Gasteiger partial charge in [0.15, 0.2) is 0 Å². The lowest BCUT2D eigenvalue weighted by molar-refractivity contribution is -0.128. The first-order chi connectivity index (χ1) is 10.2. The van der Waals surface area contributed by atoms with Gasteiger partial charge in [-0.3, -0.25) is 14.5 Å². The minimum absolute atomic E-state index is 0. The number of hydrogen-bond donors (Lipinski definition) is 2. The van der Waals surface area contributed by atoms with Gasteiger partial charge >= 0.3 is 0 Å². The number of carbonyl (C=O) groups excluding carboxylic acids is 2. The Labute approximate surface area is 150 Å². The third kappa shape index (κ3) is 7.67. The zero-order valence-electron chi connectivity index (χ0n) is 13.4. The minimum atomic E-state index is -0.0486. The average Bonchev–Trinajstić information content (AvgIpc) is 2.84. The van der Waals surface area contributed by atoms with Crippen molar-refractivity contribution in [2.24, 2.45) is 5.73 Å². The van der Waals surface area contributed by atoms with Gasteiger partial charge < -0.3 is 20.7 Å². The van der Waals surface area contributed by atoms with Crippen LogP contribution in [0.5, 0.6) is 0 Å². The highest BCUT2D eigenvalue weighted by Crippen LogP contribution is 2.11. The van der Waals surface area contributed by atoms with Gasteiger partial charge in [-0.2, -0.15) is 0 Å². The van der Waals surface area contributed by atoms with E-state index < -0.39 is 0 Å². The van der Waals surface area contributed by atoms with Crippen molar-refractivity contribution in [3.05, 3.63) is 0 Å². The highest BCUT2D eigenvalue weighted by Gasteiger charge is 2.30. The predicted octanol–water partition coefficient (Wildman–Crippen LogP) is -0.382. The van der Waals surface area contributed by atoms with E-state index in [1.165, 1.54) is 0 Å². The molecule has 3 N–H and O–H groups in total. The number of nitrogens with one attached hydrogen (secondary N) is 1. The van der Waals surface area contributed by atoms with Crippen molar-refractivity contribution in [3.63, 3.8) is 0 Å². The van der Waals surface area contributed by atoms with Crippen LogP contribution in [0, 0.1) is 0 Å². The second-order valence-corrected chi connectivity index (χ2v) is 5.65. The number of halogens is 2. The molecule has 7 nitrogen and oxygen atoms in total. The van der Waals surface area contributed by atoms with Crippen LogP contribution in [0.15, 0.2) is 0 Å². The number of amides is 2. The van der Waals surface area contributed by atoms with Crippen molar-refractivity contribution in [1.29, 1.82) is 0 Å². The van der Waals surface area contributed by atoms with Crippen molar-refractivity contribution in [1.82, 2.24) is 15.1 Å². The summed E-state index contributed by atoms with van der Waals surface area (Å²) in [4.78, 5) is 27.8. The molecule has 2 aliphatic rings. The van der Waals surface area contributed by atoms with Gasteiger partial charge in [0.25, 0.3) is 0 Å². The Morgan fingerprint density at radius 3 is 2.61 bits per heavy atom. The van der Waals surface area contributed by atoms with Gasteiger partial charge in [-0.1, -0.05) is 0 Å². The molecule has 0 aromatic carbocycles. The maximum atomic E-state index is 12.0. The highest BCUT2D eigenvalue weighted by atomic mass is 35.5. The summed E-state index contributed by atoms with van der Waals surface area (Å²) in [6.07, 6.45) is 1.54. The number of likely N-dealkylation sites (tertiary alicyclic amines) is 1. The molecule has 0 bridgehead atoms. The second kappa shape index (κ2) is 11.9. The van der Waals surface area contributed by atoms with E-state index in [-0.39, 0.29) is 42.7 Å². The molecular formula is C14H28Cl2N4O3. The smallest absolute Gasteiger partial charge is 0.224 e. The van der Waals surface area contributed by atoms with E-state index in [0.29, 0.717) is 32.4 Å². The van der Waals surface area contributed by atoms with Crippen molar-refractivity contribution < 1.29 is 14.3 Å². The summed E-state index contributed by atoms with van der Waals surface area (Å²) in [6.45, 7) is 6.15. The van der Waals surface area contributed by atoms with Crippen LogP contribution in [-0.4, -0.2) is 80.1 Å². The van der Waals surface area contributed by atoms with Crippen LogP contribution in [0.4, 0.5) is 0 Å². The van der Waals surface area contributed by atoms with E-state index in [9.17, 15) is 9.59 Å². The molecule has 1 unspecified atom stereocenters. The van der Waals surface area contributed by atoms with E-state index in [1.54, 1.807) is 0 Å². The number of morpholine rings is 1. The maximum Gasteiger partial charge on any atom is 0.224 e. The summed E-state index contributed by atoms with van der Waals surface area (Å²) in [5.41, 5.74) is 5.38. The number of ether oxygens (including phenoxy) is 1. The third-order valence-electron chi connectivity index (χ3n) is 3.98. The molecule has 1 atom stereocenters. The van der Waals surface area contributed by atoms with Crippen molar-refractivity contribution in [2.45, 2.75) is 25.3 Å². The van der Waals surface area contributed by atoms with Gasteiger partial charge in [-0.15, -0.1) is 24.8 Å². The fourth-order valence-corrected chi connectivity index (χ4v) is 2.73. The molecule has 0 spiro atoms. The molecule has 136 valence electrons. The SMILES string of the molecule is Cl.Cl.NCCCC(=O)NC1CC(=O)N(CCN2CCOCC2)C1. The number of nitrogens with two attached hydrogens (primary N) is 1. The average molecular weight is 371 g/mol. The van der Waals surface area contributed by atoms with Crippen molar-refractivity contribution in [3.8, 4) is 0 Å². The third-order valence-corrected chi connectivity index (χ3v) is 3.98. The zero-order valence-corrected chi connectivity index (χ0v) is 15.0. The number of rotatable bonds is 7. The van der Waals surface area contributed by atoms with E-state index in [2.05, 4.69) is 10.2 Å². The van der Waals surface area contributed by atoms with Gasteiger partial charge in [0.1, 0.15) is 0 Å². The van der Waals surface area contributed by atoms with Crippen LogP contribution in [0.2, 0.25) is 0 Å². The summed E-state index contributed by atoms with van der Waals surface area (Å²) < 4.78 is 5.31. The normalized spacial score (nSPS) is 21.5. The van der Waals surface area contributed by atoms with Crippen LogP contribution >= 0.6 is 24.8 Å². The summed E-state index contributed by atoms with van der Waals surface area (Å²) in [5.74, 6) is 0.126. The first-order valence-corrected chi connectivity index (χ1v) is 7.76. The van der Waals surface area contributed by atoms with Gasteiger partial charge in [0.2, 0.25) is 11.8 Å². The lowest BCUT2D eigenvalue weighted by Gasteiger charge is -2.28. The Morgan fingerprint density at radius 1 is 1.26 bits per heavy atom. The van der Waals surface area contributed by atoms with Crippen LogP contribution in [0.1, 0.15) is 19.3 Å². The van der Waals surface area contributed by atoms with E-state index in [0.717, 1.165) is 39.4 Å². The highest BCUT2D eigenvalue weighted by molar-refractivity contribution is 5.85. The molecule has 0 aromatic rings. The Bertz CT molecular complexity index is 368. The second-order valence-electron chi connectivity index (χ2n) is 5.65. The van der Waals surface area contributed by atoms with E-state index in [4.69, 9.17) is 10.5 Å². The van der Waals surface area contributed by atoms with Gasteiger partial charge in [-0.25, -0.2) is 0 Å². The van der Waals surface area contributed by atoms with E-state index in [1.807, 2.05) is 4.90 Å². The van der Waals surface area contributed by atoms with Crippen LogP contribution in [-0.2, 0) is 14.3 Å². The standard InChI is InChI=1S/C14H26N4O3.2ClH/c15-3-1-2-13(19)16-12-10-14(20)18(11-12)5-4-17-6-8-21-9-7-17;;/h12H,1-11,15H2,(H,16,19);2*1H. The molecule has 2 aliphatic heterocycles. The van der Waals surface area contributed by atoms with Crippen molar-refractivity contribution in [2.75, 3.05) is 52.5 Å². The maximum absolute atomic E-state index is 12.0. The van der Waals surface area contributed by atoms with Gasteiger partial charge in [0.05, 0.1) is 19.3 Å². The van der Waals surface area contributed by atoms with Crippen LogP contribution in [0.3, 0.4) is 0 Å². The monoisotopic (exact) mass is 370 g/mol. The molecular weight excluding hydrogens is 343 g/mol. The Hall–Kier alpha value is -0.600. The molecule has 2 fully saturated rings. The summed E-state index contributed by atoms with van der Waals surface area (Å²) in [5, 5.41) is 2.92. The quantitative estimate of drug-likeness (QED) is 0.637. The summed E-state index contributed by atoms with van der Waals surface area (Å²) >= 11 is 0. The minimum Gasteiger partial charge on any atom is -0.379 e. The van der Waals surface area contributed by atoms with Crippen molar-refractivity contribution >= 4 is 36.6 Å². The summed E-state index contributed by atoms with van der Waals surface area (Å²) in [6, 6.07) is -0.0486. The van der Waals surface area contributed by atoms with E-state index >= 15 is 0 Å². The number of carbonyl (C=O) groups is 2. The van der Waals surface area contributed by atoms with Crippen LogP contribution in [0.25, 0.3) is 0 Å². The molecule has 2 saturated heterocycles. The molecule has 0 aromatic heterocycles. The molecule has 0 saturated carbocycles. The Morgan fingerprint density at radius 2 is 1.96 bits per heavy atom. The van der Waals surface area contributed by atoms with Gasteiger partial charge in [-0.05, 0) is 13.0 Å². The zero-order chi connectivity index (χ0) is 15.1. The fraction of sp³-hybridized carbons (Fsp3) is 0.857. The van der Waals surface area contributed by atoms with Gasteiger partial charge in [0, 0.05) is 45.6 Å². The largest absolute Gasteiger partial charge is 0.379 e. The molecule has 2 rings (SSSR count).